The van der Waals surface area contributed by atoms with Crippen molar-refractivity contribution in [3.05, 3.63) is 11.5 Å². The summed E-state index contributed by atoms with van der Waals surface area (Å²) < 4.78 is 16.9. The minimum absolute atomic E-state index is 0.0724. The normalized spacial score (nSPS) is 11.7. The zero-order valence-corrected chi connectivity index (χ0v) is 7.13. The van der Waals surface area contributed by atoms with Crippen molar-refractivity contribution in [2.45, 2.75) is 6.92 Å². The third-order valence-corrected chi connectivity index (χ3v) is 1.37. The number of esters is 1. The van der Waals surface area contributed by atoms with Crippen molar-refractivity contribution < 1.29 is 18.7 Å². The molecule has 12 heavy (non-hydrogen) atoms. The molecule has 0 rings (SSSR count). The lowest BCUT2D eigenvalue weighted by Crippen LogP contribution is -2.17. The molecule has 0 saturated heterocycles. The highest BCUT2D eigenvalue weighted by atomic mass is 19.1. The molecule has 0 unspecified atom stereocenters. The summed E-state index contributed by atoms with van der Waals surface area (Å²) in [4.78, 5) is 21.7. The number of carbonyl (C=O) groups excluding carboxylic acids is 2. The van der Waals surface area contributed by atoms with Crippen molar-refractivity contribution >= 4 is 12.4 Å². The van der Waals surface area contributed by atoms with Crippen LogP contribution in [0.1, 0.15) is 6.92 Å². The highest BCUT2D eigenvalue weighted by molar-refractivity contribution is 5.86. The highest BCUT2D eigenvalue weighted by Crippen LogP contribution is 2.09. The van der Waals surface area contributed by atoms with E-state index in [0.717, 1.165) is 12.0 Å². The van der Waals surface area contributed by atoms with Crippen LogP contribution in [-0.4, -0.2) is 31.4 Å². The second-order valence-corrected chi connectivity index (χ2v) is 2.11. The molecule has 0 aliphatic rings. The van der Waals surface area contributed by atoms with E-state index in [-0.39, 0.29) is 5.70 Å². The van der Waals surface area contributed by atoms with E-state index >= 15 is 0 Å². The number of halogens is 1. The van der Waals surface area contributed by atoms with Crippen LogP contribution < -0.4 is 0 Å². The predicted octanol–water partition coefficient (Wildman–Crippen LogP) is 0.449. The SMILES string of the molecule is COC(=O)/C(F)=C(/C)N(C)C=O. The van der Waals surface area contributed by atoms with Gasteiger partial charge < -0.3 is 9.64 Å². The first-order valence-electron chi connectivity index (χ1n) is 3.17. The molecule has 0 aromatic rings. The fourth-order valence-electron chi connectivity index (χ4n) is 0.471. The van der Waals surface area contributed by atoms with E-state index in [1.807, 2.05) is 0 Å². The Labute approximate surface area is 69.6 Å². The zero-order valence-electron chi connectivity index (χ0n) is 7.13. The van der Waals surface area contributed by atoms with E-state index in [9.17, 15) is 14.0 Å². The van der Waals surface area contributed by atoms with Crippen LogP contribution in [0.2, 0.25) is 0 Å². The largest absolute Gasteiger partial charge is 0.464 e. The molecule has 0 atom stereocenters. The van der Waals surface area contributed by atoms with E-state index in [0.29, 0.717) is 6.41 Å². The summed E-state index contributed by atoms with van der Waals surface area (Å²) in [5.74, 6) is -2.15. The molecule has 0 N–H and O–H groups in total. The molecule has 0 saturated carbocycles. The third kappa shape index (κ3) is 2.34. The van der Waals surface area contributed by atoms with Crippen molar-refractivity contribution in [1.82, 2.24) is 4.90 Å². The molecular formula is C7H10FNO3. The Morgan fingerprint density at radius 2 is 2.08 bits per heavy atom. The molecule has 0 bridgehead atoms. The van der Waals surface area contributed by atoms with Gasteiger partial charge in [-0.15, -0.1) is 0 Å². The molecule has 1 amide bonds. The first kappa shape index (κ1) is 10.6. The number of carbonyl (C=O) groups is 2. The van der Waals surface area contributed by atoms with Crippen LogP contribution in [0.5, 0.6) is 0 Å². The van der Waals surface area contributed by atoms with E-state index in [1.54, 1.807) is 0 Å². The van der Waals surface area contributed by atoms with Gasteiger partial charge in [0.2, 0.25) is 12.2 Å². The number of methoxy groups -OCH3 is 1. The van der Waals surface area contributed by atoms with Crippen LogP contribution in [0, 0.1) is 0 Å². The average Bonchev–Trinajstić information content (AvgIpc) is 2.12. The molecule has 5 heteroatoms. The van der Waals surface area contributed by atoms with Crippen molar-refractivity contribution in [2.24, 2.45) is 0 Å². The number of hydrogen-bond donors (Lipinski definition) is 0. The van der Waals surface area contributed by atoms with Crippen LogP contribution in [0.15, 0.2) is 11.5 Å². The van der Waals surface area contributed by atoms with Crippen LogP contribution in [-0.2, 0) is 14.3 Å². The number of hydrogen-bond acceptors (Lipinski definition) is 3. The number of ether oxygens (including phenoxy) is 1. The van der Waals surface area contributed by atoms with Crippen molar-refractivity contribution in [3.63, 3.8) is 0 Å². The summed E-state index contributed by atoms with van der Waals surface area (Å²) in [5.41, 5.74) is -0.0724. The number of allylic oxidation sites excluding steroid dienone is 1. The second-order valence-electron chi connectivity index (χ2n) is 2.11. The molecule has 0 fully saturated rings. The van der Waals surface area contributed by atoms with Gasteiger partial charge in [-0.05, 0) is 6.92 Å². The highest BCUT2D eigenvalue weighted by Gasteiger charge is 2.14. The smallest absolute Gasteiger partial charge is 0.368 e. The zero-order chi connectivity index (χ0) is 9.72. The van der Waals surface area contributed by atoms with Gasteiger partial charge in [0.1, 0.15) is 0 Å². The van der Waals surface area contributed by atoms with Crippen LogP contribution in [0.4, 0.5) is 4.39 Å². The van der Waals surface area contributed by atoms with E-state index in [2.05, 4.69) is 4.74 Å². The van der Waals surface area contributed by atoms with Gasteiger partial charge in [-0.1, -0.05) is 0 Å². The van der Waals surface area contributed by atoms with Gasteiger partial charge in [0.25, 0.3) is 0 Å². The molecule has 4 nitrogen and oxygen atoms in total. The first-order chi connectivity index (χ1) is 5.54. The van der Waals surface area contributed by atoms with Gasteiger partial charge >= 0.3 is 5.97 Å². The van der Waals surface area contributed by atoms with Crippen LogP contribution in [0.3, 0.4) is 0 Å². The number of rotatable bonds is 3. The summed E-state index contributed by atoms with van der Waals surface area (Å²) in [6.07, 6.45) is 0.401. The molecule has 0 aromatic carbocycles. The van der Waals surface area contributed by atoms with Gasteiger partial charge in [-0.25, -0.2) is 4.79 Å². The Bertz CT molecular complexity index is 225. The van der Waals surface area contributed by atoms with Gasteiger partial charge in [0.05, 0.1) is 12.8 Å². The fourth-order valence-corrected chi connectivity index (χ4v) is 0.471. The molecule has 0 radical (unpaired) electrons. The lowest BCUT2D eigenvalue weighted by molar-refractivity contribution is -0.138. The lowest BCUT2D eigenvalue weighted by Gasteiger charge is -2.10. The summed E-state index contributed by atoms with van der Waals surface area (Å²) in [6.45, 7) is 1.31. The van der Waals surface area contributed by atoms with E-state index in [4.69, 9.17) is 0 Å². The van der Waals surface area contributed by atoms with Crippen LogP contribution >= 0.6 is 0 Å². The number of amides is 1. The Hall–Kier alpha value is -1.39. The first-order valence-corrected chi connectivity index (χ1v) is 3.17. The summed E-state index contributed by atoms with van der Waals surface area (Å²) in [7, 11) is 2.40. The fraction of sp³-hybridized carbons (Fsp3) is 0.429. The number of nitrogens with zero attached hydrogens (tertiary/aromatic N) is 1. The maximum Gasteiger partial charge on any atom is 0.368 e. The molecule has 0 aromatic heterocycles. The second kappa shape index (κ2) is 4.48. The quantitative estimate of drug-likeness (QED) is 0.355. The van der Waals surface area contributed by atoms with E-state index in [1.165, 1.54) is 14.0 Å². The third-order valence-electron chi connectivity index (χ3n) is 1.37. The molecule has 68 valence electrons. The van der Waals surface area contributed by atoms with E-state index < -0.39 is 11.8 Å². The molecule has 0 aliphatic carbocycles. The van der Waals surface area contributed by atoms with Crippen LogP contribution in [0.25, 0.3) is 0 Å². The predicted molar refractivity (Wildman–Crippen MR) is 39.7 cm³/mol. The minimum atomic E-state index is -1.08. The Morgan fingerprint density at radius 1 is 1.58 bits per heavy atom. The molecule has 0 heterocycles. The van der Waals surface area contributed by atoms with Crippen molar-refractivity contribution in [2.75, 3.05) is 14.2 Å². The van der Waals surface area contributed by atoms with Gasteiger partial charge in [-0.2, -0.15) is 4.39 Å². The Kier molecular flexibility index (Phi) is 3.96. The molecular weight excluding hydrogens is 165 g/mol. The molecule has 0 spiro atoms. The standard InChI is InChI=1S/C7H10FNO3/c1-5(9(2)4-10)6(8)7(11)12-3/h4H,1-3H3/b6-5+. The Morgan fingerprint density at radius 3 is 2.42 bits per heavy atom. The topological polar surface area (TPSA) is 46.6 Å². The van der Waals surface area contributed by atoms with Gasteiger partial charge in [0.15, 0.2) is 0 Å². The monoisotopic (exact) mass is 175 g/mol. The minimum Gasteiger partial charge on any atom is -0.464 e. The van der Waals surface area contributed by atoms with Crippen molar-refractivity contribution in [1.29, 1.82) is 0 Å². The molecule has 0 aliphatic heterocycles. The lowest BCUT2D eigenvalue weighted by atomic mass is 10.4. The summed E-state index contributed by atoms with van der Waals surface area (Å²) >= 11 is 0. The van der Waals surface area contributed by atoms with Gasteiger partial charge in [-0.3, -0.25) is 4.79 Å². The van der Waals surface area contributed by atoms with Gasteiger partial charge in [0, 0.05) is 7.05 Å². The average molecular weight is 175 g/mol. The maximum atomic E-state index is 12.8. The van der Waals surface area contributed by atoms with Crippen molar-refractivity contribution in [3.8, 4) is 0 Å². The summed E-state index contributed by atoms with van der Waals surface area (Å²) in [5, 5.41) is 0. The maximum absolute atomic E-state index is 12.8. The Balaban J connectivity index is 4.67. The summed E-state index contributed by atoms with van der Waals surface area (Å²) in [6, 6.07) is 0.